The summed E-state index contributed by atoms with van der Waals surface area (Å²) in [6, 6.07) is 13.8. The predicted octanol–water partition coefficient (Wildman–Crippen LogP) is 4.26. The Morgan fingerprint density at radius 1 is 0.875 bits per heavy atom. The zero-order chi connectivity index (χ0) is 11.4. The molecule has 0 heterocycles. The Morgan fingerprint density at radius 3 is 2.31 bits per heavy atom. The molecule has 16 heavy (non-hydrogen) atoms. The van der Waals surface area contributed by atoms with Crippen LogP contribution in [0.15, 0.2) is 53.4 Å². The van der Waals surface area contributed by atoms with Gasteiger partial charge in [0.2, 0.25) is 0 Å². The van der Waals surface area contributed by atoms with Crippen LogP contribution in [-0.2, 0) is 5.75 Å². The van der Waals surface area contributed by atoms with Crippen molar-refractivity contribution in [2.24, 2.45) is 0 Å². The molecule has 2 aromatic rings. The van der Waals surface area contributed by atoms with E-state index in [1.165, 1.54) is 6.07 Å². The van der Waals surface area contributed by atoms with Crippen LogP contribution in [0.1, 0.15) is 5.56 Å². The standard InChI is InChI=1S/C13H10F2S/c14-12-7-6-10(8-13(12)15)9-16-11-4-2-1-3-5-11/h1-8H,9H2. The first-order chi connectivity index (χ1) is 7.75. The molecular formula is C13H10F2S. The second kappa shape index (κ2) is 5.12. The van der Waals surface area contributed by atoms with Gasteiger partial charge < -0.3 is 0 Å². The van der Waals surface area contributed by atoms with E-state index in [0.717, 1.165) is 16.5 Å². The Kier molecular flexibility index (Phi) is 3.57. The van der Waals surface area contributed by atoms with Gasteiger partial charge in [0.05, 0.1) is 0 Å². The summed E-state index contributed by atoms with van der Waals surface area (Å²) >= 11 is 1.60. The average Bonchev–Trinajstić information content (AvgIpc) is 2.32. The van der Waals surface area contributed by atoms with Gasteiger partial charge in [-0.15, -0.1) is 11.8 Å². The van der Waals surface area contributed by atoms with Crippen LogP contribution in [0.2, 0.25) is 0 Å². The van der Waals surface area contributed by atoms with Crippen molar-refractivity contribution in [3.63, 3.8) is 0 Å². The minimum atomic E-state index is -0.798. The largest absolute Gasteiger partial charge is 0.204 e. The van der Waals surface area contributed by atoms with Crippen LogP contribution < -0.4 is 0 Å². The van der Waals surface area contributed by atoms with Crippen molar-refractivity contribution in [2.45, 2.75) is 10.6 Å². The van der Waals surface area contributed by atoms with E-state index in [9.17, 15) is 8.78 Å². The lowest BCUT2D eigenvalue weighted by Gasteiger charge is -2.02. The quantitative estimate of drug-likeness (QED) is 0.718. The van der Waals surface area contributed by atoms with Crippen LogP contribution in [0.3, 0.4) is 0 Å². The molecule has 0 nitrogen and oxygen atoms in total. The van der Waals surface area contributed by atoms with E-state index < -0.39 is 11.6 Å². The van der Waals surface area contributed by atoms with Crippen molar-refractivity contribution in [1.29, 1.82) is 0 Å². The molecule has 0 saturated carbocycles. The van der Waals surface area contributed by atoms with Gasteiger partial charge in [0.1, 0.15) is 0 Å². The maximum absolute atomic E-state index is 12.9. The maximum atomic E-state index is 12.9. The number of hydrogen-bond acceptors (Lipinski definition) is 1. The summed E-state index contributed by atoms with van der Waals surface area (Å²) in [5.41, 5.74) is 0.785. The number of thioether (sulfide) groups is 1. The monoisotopic (exact) mass is 236 g/mol. The summed E-state index contributed by atoms with van der Waals surface area (Å²) in [5.74, 6) is -0.944. The van der Waals surface area contributed by atoms with Crippen molar-refractivity contribution in [3.05, 3.63) is 65.7 Å². The molecule has 0 radical (unpaired) electrons. The summed E-state index contributed by atoms with van der Waals surface area (Å²) in [6.07, 6.45) is 0. The first-order valence-electron chi connectivity index (χ1n) is 4.87. The van der Waals surface area contributed by atoms with Crippen LogP contribution in [0.5, 0.6) is 0 Å². The van der Waals surface area contributed by atoms with Gasteiger partial charge in [-0.25, -0.2) is 8.78 Å². The molecule has 0 amide bonds. The third-order valence-corrected chi connectivity index (χ3v) is 3.22. The van der Waals surface area contributed by atoms with E-state index in [4.69, 9.17) is 0 Å². The fourth-order valence-corrected chi connectivity index (χ4v) is 2.18. The molecule has 0 spiro atoms. The van der Waals surface area contributed by atoms with Gasteiger partial charge in [-0.2, -0.15) is 0 Å². The molecule has 0 N–H and O–H groups in total. The van der Waals surface area contributed by atoms with Crippen LogP contribution in [0.25, 0.3) is 0 Å². The second-order valence-electron chi connectivity index (χ2n) is 3.35. The molecule has 0 atom stereocenters. The Morgan fingerprint density at radius 2 is 1.62 bits per heavy atom. The predicted molar refractivity (Wildman–Crippen MR) is 62.4 cm³/mol. The number of benzene rings is 2. The van der Waals surface area contributed by atoms with Gasteiger partial charge in [0.15, 0.2) is 11.6 Å². The first-order valence-corrected chi connectivity index (χ1v) is 5.86. The number of halogens is 2. The van der Waals surface area contributed by atoms with Crippen molar-refractivity contribution < 1.29 is 8.78 Å². The molecule has 0 aliphatic rings. The highest BCUT2D eigenvalue weighted by Gasteiger charge is 2.02. The van der Waals surface area contributed by atoms with E-state index >= 15 is 0 Å². The van der Waals surface area contributed by atoms with E-state index in [-0.39, 0.29) is 0 Å². The Bertz CT molecular complexity index is 469. The van der Waals surface area contributed by atoms with E-state index in [1.807, 2.05) is 30.3 Å². The van der Waals surface area contributed by atoms with Crippen molar-refractivity contribution in [2.75, 3.05) is 0 Å². The topological polar surface area (TPSA) is 0 Å². The van der Waals surface area contributed by atoms with E-state index in [1.54, 1.807) is 17.8 Å². The fraction of sp³-hybridized carbons (Fsp3) is 0.0769. The lowest BCUT2D eigenvalue weighted by Crippen LogP contribution is -1.87. The van der Waals surface area contributed by atoms with Crippen LogP contribution >= 0.6 is 11.8 Å². The average molecular weight is 236 g/mol. The van der Waals surface area contributed by atoms with Crippen LogP contribution in [0.4, 0.5) is 8.78 Å². The Hall–Kier alpha value is -1.35. The molecule has 0 bridgehead atoms. The molecular weight excluding hydrogens is 226 g/mol. The zero-order valence-corrected chi connectivity index (χ0v) is 9.31. The molecule has 0 aliphatic carbocycles. The molecule has 2 aromatic carbocycles. The molecule has 0 aromatic heterocycles. The molecule has 3 heteroatoms. The summed E-state index contributed by atoms with van der Waals surface area (Å²) in [5, 5.41) is 0. The summed E-state index contributed by atoms with van der Waals surface area (Å²) in [7, 11) is 0. The highest BCUT2D eigenvalue weighted by molar-refractivity contribution is 7.98. The third-order valence-electron chi connectivity index (χ3n) is 2.13. The first kappa shape index (κ1) is 11.1. The molecule has 0 unspecified atom stereocenters. The number of hydrogen-bond donors (Lipinski definition) is 0. The summed E-state index contributed by atoms with van der Waals surface area (Å²) in [6.45, 7) is 0. The van der Waals surface area contributed by atoms with E-state index in [0.29, 0.717) is 5.75 Å². The molecule has 2 rings (SSSR count). The highest BCUT2D eigenvalue weighted by atomic mass is 32.2. The van der Waals surface area contributed by atoms with Crippen LogP contribution in [0, 0.1) is 11.6 Å². The highest BCUT2D eigenvalue weighted by Crippen LogP contribution is 2.22. The van der Waals surface area contributed by atoms with Crippen molar-refractivity contribution in [3.8, 4) is 0 Å². The van der Waals surface area contributed by atoms with Gasteiger partial charge >= 0.3 is 0 Å². The maximum Gasteiger partial charge on any atom is 0.159 e. The van der Waals surface area contributed by atoms with Gasteiger partial charge in [-0.1, -0.05) is 24.3 Å². The van der Waals surface area contributed by atoms with E-state index in [2.05, 4.69) is 0 Å². The Balaban J connectivity index is 2.03. The zero-order valence-electron chi connectivity index (χ0n) is 8.49. The molecule has 0 saturated heterocycles. The van der Waals surface area contributed by atoms with Gasteiger partial charge in [-0.05, 0) is 29.8 Å². The lowest BCUT2D eigenvalue weighted by molar-refractivity contribution is 0.507. The molecule has 0 fully saturated rings. The Labute approximate surface area is 97.3 Å². The van der Waals surface area contributed by atoms with Gasteiger partial charge in [0.25, 0.3) is 0 Å². The van der Waals surface area contributed by atoms with Gasteiger partial charge in [0, 0.05) is 10.6 Å². The molecule has 0 aliphatic heterocycles. The summed E-state index contributed by atoms with van der Waals surface area (Å²) < 4.78 is 25.6. The SMILES string of the molecule is Fc1ccc(CSc2ccccc2)cc1F. The fourth-order valence-electron chi connectivity index (χ4n) is 1.31. The van der Waals surface area contributed by atoms with Gasteiger partial charge in [-0.3, -0.25) is 0 Å². The smallest absolute Gasteiger partial charge is 0.159 e. The van der Waals surface area contributed by atoms with Crippen molar-refractivity contribution >= 4 is 11.8 Å². The second-order valence-corrected chi connectivity index (χ2v) is 4.40. The number of rotatable bonds is 3. The minimum Gasteiger partial charge on any atom is -0.204 e. The van der Waals surface area contributed by atoms with Crippen molar-refractivity contribution in [1.82, 2.24) is 0 Å². The normalized spacial score (nSPS) is 10.4. The minimum absolute atomic E-state index is 0.640. The lowest BCUT2D eigenvalue weighted by atomic mass is 10.2. The van der Waals surface area contributed by atoms with Crippen LogP contribution in [-0.4, -0.2) is 0 Å². The third kappa shape index (κ3) is 2.83. The summed E-state index contributed by atoms with van der Waals surface area (Å²) in [4.78, 5) is 1.12. The molecule has 82 valence electrons.